The van der Waals surface area contributed by atoms with Gasteiger partial charge in [0.25, 0.3) is 0 Å². The molecule has 12 rings (SSSR count). The average Bonchev–Trinajstić information content (AvgIpc) is 0.773. The van der Waals surface area contributed by atoms with Crippen LogP contribution in [-0.4, -0.2) is 36.0 Å². The molecule has 92 heavy (non-hydrogen) atoms. The summed E-state index contributed by atoms with van der Waals surface area (Å²) in [7, 11) is -10.4. The average molecular weight is 1280 g/mol. The van der Waals surface area contributed by atoms with Gasteiger partial charge < -0.3 is 9.47 Å². The third-order valence-corrected chi connectivity index (χ3v) is 36.3. The van der Waals surface area contributed by atoms with Gasteiger partial charge in [-0.15, -0.1) is 0 Å². The lowest BCUT2D eigenvalue weighted by Crippen LogP contribution is -2.44. The first-order valence-electron chi connectivity index (χ1n) is 32.1. The molecule has 0 amide bonds. The van der Waals surface area contributed by atoms with Crippen LogP contribution in [0.3, 0.4) is 0 Å². The maximum absolute atomic E-state index is 16.0. The van der Waals surface area contributed by atoms with Crippen LogP contribution in [0.2, 0.25) is 0 Å². The van der Waals surface area contributed by atoms with Crippen LogP contribution >= 0.6 is 29.0 Å². The minimum atomic E-state index is -2.97. The van der Waals surface area contributed by atoms with Crippen LogP contribution in [0.4, 0.5) is 0 Å². The summed E-state index contributed by atoms with van der Waals surface area (Å²) in [6, 6.07) is 130. The molecule has 0 aromatic heterocycles. The largest absolute Gasteiger partial charge is 0.420 e. The molecule has 2 unspecified atom stereocenters. The van der Waals surface area contributed by atoms with Crippen LogP contribution < -0.4 is 63.7 Å². The fourth-order valence-corrected chi connectivity index (χ4v) is 32.1. The van der Waals surface area contributed by atoms with Crippen molar-refractivity contribution in [2.45, 2.75) is 50.2 Å². The van der Waals surface area contributed by atoms with E-state index in [-0.39, 0.29) is 0 Å². The summed E-state index contributed by atoms with van der Waals surface area (Å²) < 4.78 is 14.5. The molecule has 454 valence electrons. The van der Waals surface area contributed by atoms with Crippen LogP contribution in [0.15, 0.2) is 364 Å². The van der Waals surface area contributed by atoms with Gasteiger partial charge >= 0.3 is 11.9 Å². The number of carbonyl (C=O) groups excluding carboxylic acids is 2. The van der Waals surface area contributed by atoms with Crippen LogP contribution in [0.1, 0.15) is 38.5 Å². The fourth-order valence-electron chi connectivity index (χ4n) is 14.0. The molecule has 0 fully saturated rings. The van der Waals surface area contributed by atoms with Crippen molar-refractivity contribution in [1.29, 1.82) is 0 Å². The lowest BCUT2D eigenvalue weighted by Gasteiger charge is -2.35. The minimum absolute atomic E-state index is 0.483. The molecule has 2 atom stereocenters. The Bertz CT molecular complexity index is 3520. The zero-order chi connectivity index (χ0) is 62.7. The predicted octanol–water partition coefficient (Wildman–Crippen LogP) is 15.0. The fraction of sp³-hybridized carbons (Fsp3) is 0.119. The number of hydrogen-bond donors (Lipinski definition) is 0. The number of carbonyl (C=O) groups is 2. The van der Waals surface area contributed by atoms with Crippen LogP contribution in [0.25, 0.3) is 0 Å². The van der Waals surface area contributed by atoms with Gasteiger partial charge in [0.05, 0.1) is 12.3 Å². The number of hydrogen-bond acceptors (Lipinski definition) is 4. The Morgan fingerprint density at radius 1 is 0.217 bits per heavy atom. The highest BCUT2D eigenvalue weighted by atomic mass is 31.2. The molecular weight excluding hydrogens is 1200 g/mol. The Morgan fingerprint density at radius 2 is 0.370 bits per heavy atom. The molecule has 0 aliphatic heterocycles. The molecule has 0 bridgehead atoms. The Kier molecular flexibility index (Phi) is 21.1. The summed E-state index contributed by atoms with van der Waals surface area (Å²) in [6.07, 6.45) is 5.81. The second-order valence-corrected chi connectivity index (χ2v) is 37.6. The Labute approximate surface area is 546 Å². The lowest BCUT2D eigenvalue weighted by atomic mass is 10.2. The molecule has 0 radical (unpaired) electrons. The van der Waals surface area contributed by atoms with Crippen molar-refractivity contribution in [1.82, 2.24) is 0 Å². The van der Waals surface area contributed by atoms with Crippen molar-refractivity contribution in [3.05, 3.63) is 364 Å². The third kappa shape index (κ3) is 13.2. The molecule has 0 spiro atoms. The van der Waals surface area contributed by atoms with E-state index in [4.69, 9.17) is 9.47 Å². The van der Waals surface area contributed by atoms with Crippen molar-refractivity contribution in [3.63, 3.8) is 0 Å². The Balaban J connectivity index is 0.954. The molecule has 0 saturated heterocycles. The molecule has 0 saturated carbocycles. The zero-order valence-corrected chi connectivity index (χ0v) is 55.5. The van der Waals surface area contributed by atoms with E-state index in [1.807, 2.05) is 36.4 Å². The maximum atomic E-state index is 16.0. The molecule has 8 heteroatoms. The maximum Gasteiger partial charge on any atom is 0.420 e. The summed E-state index contributed by atoms with van der Waals surface area (Å²) in [4.78, 5) is 32.0. The highest BCUT2D eigenvalue weighted by molar-refractivity contribution is 7.97. The molecule has 0 aliphatic carbocycles. The molecule has 4 nitrogen and oxygen atoms in total. The summed E-state index contributed by atoms with van der Waals surface area (Å²) in [6.45, 7) is 0. The summed E-state index contributed by atoms with van der Waals surface area (Å²) in [5, 5.41) is 14.3. The SMILES string of the molecule is O=C(OC(CCCC[P+](c1ccccc1)(c1ccccc1)c1ccccc1)[P+](c1ccccc1)(c1ccccc1)c1ccccc1)C(=O)OC(CCCC[P+](c1ccccc1)(c1ccccc1)c1ccccc1)[P+](c1ccccc1)(c1ccccc1)c1ccccc1. The van der Waals surface area contributed by atoms with Crippen LogP contribution in [0.5, 0.6) is 0 Å². The van der Waals surface area contributed by atoms with E-state index in [1.54, 1.807) is 0 Å². The minimum Gasteiger partial charge on any atom is -0.418 e. The highest BCUT2D eigenvalue weighted by Gasteiger charge is 2.58. The van der Waals surface area contributed by atoms with E-state index in [9.17, 15) is 0 Å². The van der Waals surface area contributed by atoms with Gasteiger partial charge in [0, 0.05) is 12.8 Å². The second kappa shape index (κ2) is 30.6. The summed E-state index contributed by atoms with van der Waals surface area (Å²) in [5.41, 5.74) is 0. The second-order valence-electron chi connectivity index (χ2n) is 23.3. The van der Waals surface area contributed by atoms with Gasteiger partial charge in [0.2, 0.25) is 11.7 Å². The topological polar surface area (TPSA) is 52.6 Å². The lowest BCUT2D eigenvalue weighted by molar-refractivity contribution is -0.170. The van der Waals surface area contributed by atoms with Crippen molar-refractivity contribution < 1.29 is 19.1 Å². The Hall–Kier alpha value is -8.70. The molecule has 12 aromatic rings. The molecule has 0 N–H and O–H groups in total. The van der Waals surface area contributed by atoms with Gasteiger partial charge in [-0.2, -0.15) is 0 Å². The van der Waals surface area contributed by atoms with Crippen molar-refractivity contribution in [2.75, 3.05) is 12.3 Å². The number of esters is 2. The highest BCUT2D eigenvalue weighted by Crippen LogP contribution is 2.64. The van der Waals surface area contributed by atoms with Crippen LogP contribution in [-0.2, 0) is 19.1 Å². The van der Waals surface area contributed by atoms with Gasteiger partial charge in [0.1, 0.15) is 78.2 Å². The van der Waals surface area contributed by atoms with E-state index < -0.39 is 52.7 Å². The van der Waals surface area contributed by atoms with E-state index in [2.05, 4.69) is 328 Å². The van der Waals surface area contributed by atoms with Crippen molar-refractivity contribution in [2.24, 2.45) is 0 Å². The third-order valence-electron chi connectivity index (χ3n) is 18.1. The monoisotopic (exact) mass is 1270 g/mol. The molecular formula is C84H78O4P4+4. The number of benzene rings is 12. The van der Waals surface area contributed by atoms with Gasteiger partial charge in [-0.3, -0.25) is 0 Å². The molecule has 0 aliphatic rings. The van der Waals surface area contributed by atoms with E-state index in [1.165, 1.54) is 31.8 Å². The number of unbranched alkanes of at least 4 members (excludes halogenated alkanes) is 2. The first-order valence-corrected chi connectivity index (χ1v) is 39.8. The smallest absolute Gasteiger partial charge is 0.418 e. The number of rotatable bonds is 26. The summed E-state index contributed by atoms with van der Waals surface area (Å²) in [5.74, 6) is -3.51. The van der Waals surface area contributed by atoms with Gasteiger partial charge in [-0.25, -0.2) is 9.59 Å². The van der Waals surface area contributed by atoms with Crippen LogP contribution in [0, 0.1) is 0 Å². The summed E-state index contributed by atoms with van der Waals surface area (Å²) >= 11 is 0. The quantitative estimate of drug-likeness (QED) is 0.0235. The van der Waals surface area contributed by atoms with E-state index >= 15 is 9.59 Å². The molecule has 12 aromatic carbocycles. The zero-order valence-electron chi connectivity index (χ0n) is 51.9. The first-order chi connectivity index (χ1) is 45.5. The predicted molar refractivity (Wildman–Crippen MR) is 398 cm³/mol. The van der Waals surface area contributed by atoms with E-state index in [0.717, 1.165) is 57.0 Å². The standard InChI is InChI=1S/C84H78O4P4/c85-83(87-81(91(75-53-25-7-26-54-75,76-55-27-8-28-56-76)77-57-29-9-30-58-77)65-37-39-67-89(69-41-13-1-14-42-69,70-43-15-2-16-44-70)71-45-17-3-18-46-71)84(86)88-82(92(78-59-31-10-32-60-78,79-61-33-11-34-62-79)80-63-35-12-36-64-80)66-38-40-68-90(72-47-19-4-20-48-72,73-49-21-5-22-50-73)74-51-23-6-24-52-74/h1-36,41-64,81-82H,37-40,65-68H2/q+4. The van der Waals surface area contributed by atoms with Gasteiger partial charge in [-0.05, 0) is 171 Å². The van der Waals surface area contributed by atoms with Gasteiger partial charge in [-0.1, -0.05) is 218 Å². The number of ether oxygens (including phenoxy) is 2. The normalized spacial score (nSPS) is 12.5. The van der Waals surface area contributed by atoms with Crippen molar-refractivity contribution in [3.8, 4) is 0 Å². The van der Waals surface area contributed by atoms with Crippen molar-refractivity contribution >= 4 is 105 Å². The first kappa shape index (κ1) is 63.4. The Morgan fingerprint density at radius 3 is 0.533 bits per heavy atom. The van der Waals surface area contributed by atoms with Gasteiger partial charge in [0.15, 0.2) is 14.5 Å². The molecule has 0 heterocycles. The van der Waals surface area contributed by atoms with E-state index in [0.29, 0.717) is 25.7 Å².